The Bertz CT molecular complexity index is 1020. The number of benzene rings is 2. The van der Waals surface area contributed by atoms with E-state index in [0.29, 0.717) is 11.5 Å². The molecule has 5 heteroatoms. The van der Waals surface area contributed by atoms with Crippen molar-refractivity contribution in [1.82, 2.24) is 4.90 Å². The van der Waals surface area contributed by atoms with E-state index in [4.69, 9.17) is 9.15 Å². The van der Waals surface area contributed by atoms with Gasteiger partial charge in [0.2, 0.25) is 5.76 Å². The quantitative estimate of drug-likeness (QED) is 0.649. The van der Waals surface area contributed by atoms with Crippen LogP contribution in [0.25, 0.3) is 21.7 Å². The molecule has 2 heterocycles. The number of aryl methyl sites for hydroxylation is 1. The number of hydrogen-bond donors (Lipinski definition) is 0. The number of amides is 1. The lowest BCUT2D eigenvalue weighted by Gasteiger charge is -2.30. The van der Waals surface area contributed by atoms with Crippen LogP contribution in [0.3, 0.4) is 0 Å². The summed E-state index contributed by atoms with van der Waals surface area (Å²) in [6.45, 7) is 5.18. The third kappa shape index (κ3) is 3.29. The average molecular weight is 365 g/mol. The molecule has 1 aliphatic heterocycles. The minimum absolute atomic E-state index is 0.144. The Morgan fingerprint density at radius 1 is 1.19 bits per heavy atom. The number of rotatable bonds is 3. The summed E-state index contributed by atoms with van der Waals surface area (Å²) < 4.78 is 11.1. The molecule has 0 radical (unpaired) electrons. The number of piperidine rings is 1. The molecule has 4 rings (SSSR count). The smallest absolute Gasteiger partial charge is 0.375 e. The molecule has 2 aromatic carbocycles. The maximum atomic E-state index is 12.5. The Kier molecular flexibility index (Phi) is 4.60. The van der Waals surface area contributed by atoms with Crippen molar-refractivity contribution in [3.05, 3.63) is 47.7 Å². The minimum atomic E-state index is -0.591. The first-order valence-corrected chi connectivity index (χ1v) is 9.40. The third-order valence-electron chi connectivity index (χ3n) is 5.35. The lowest BCUT2D eigenvalue weighted by atomic mass is 10.0. The topological polar surface area (TPSA) is 59.8 Å². The Labute approximate surface area is 157 Å². The molecule has 1 atom stereocenters. The van der Waals surface area contributed by atoms with Crippen LogP contribution >= 0.6 is 0 Å². The van der Waals surface area contributed by atoms with Crippen LogP contribution in [0.2, 0.25) is 0 Å². The van der Waals surface area contributed by atoms with Crippen LogP contribution in [0.5, 0.6) is 0 Å². The number of ether oxygens (including phenoxy) is 1. The predicted molar refractivity (Wildman–Crippen MR) is 104 cm³/mol. The van der Waals surface area contributed by atoms with Gasteiger partial charge in [-0.05, 0) is 31.1 Å². The highest BCUT2D eigenvalue weighted by molar-refractivity contribution is 6.08. The number of carbonyl (C=O) groups excluding carboxylic acids is 2. The molecule has 1 aliphatic rings. The summed E-state index contributed by atoms with van der Waals surface area (Å²) in [6.07, 6.45) is 2.13. The van der Waals surface area contributed by atoms with Crippen molar-refractivity contribution in [2.75, 3.05) is 19.7 Å². The maximum absolute atomic E-state index is 12.5. The third-order valence-corrected chi connectivity index (χ3v) is 5.35. The van der Waals surface area contributed by atoms with Crippen LogP contribution < -0.4 is 0 Å². The monoisotopic (exact) mass is 365 g/mol. The van der Waals surface area contributed by atoms with Crippen molar-refractivity contribution in [2.24, 2.45) is 5.92 Å². The van der Waals surface area contributed by atoms with Gasteiger partial charge in [-0.15, -0.1) is 0 Å². The van der Waals surface area contributed by atoms with Gasteiger partial charge < -0.3 is 14.1 Å². The van der Waals surface area contributed by atoms with E-state index >= 15 is 0 Å². The number of esters is 1. The Morgan fingerprint density at radius 2 is 2.00 bits per heavy atom. The van der Waals surface area contributed by atoms with E-state index in [1.807, 2.05) is 43.3 Å². The molecule has 0 saturated carbocycles. The van der Waals surface area contributed by atoms with Gasteiger partial charge in [0.05, 0.1) is 0 Å². The summed E-state index contributed by atoms with van der Waals surface area (Å²) in [4.78, 5) is 26.6. The zero-order valence-corrected chi connectivity index (χ0v) is 15.7. The summed E-state index contributed by atoms with van der Waals surface area (Å²) in [5.74, 6) is -0.0780. The zero-order chi connectivity index (χ0) is 19.0. The molecular formula is C22H23NO4. The first-order chi connectivity index (χ1) is 13.0. The summed E-state index contributed by atoms with van der Waals surface area (Å²) >= 11 is 0. The molecule has 1 aromatic heterocycles. The number of hydrogen-bond acceptors (Lipinski definition) is 4. The van der Waals surface area contributed by atoms with Crippen molar-refractivity contribution in [1.29, 1.82) is 0 Å². The molecule has 0 N–H and O–H groups in total. The first-order valence-electron chi connectivity index (χ1n) is 9.40. The van der Waals surface area contributed by atoms with Gasteiger partial charge in [-0.2, -0.15) is 0 Å². The predicted octanol–water partition coefficient (Wildman–Crippen LogP) is 4.31. The second-order valence-electron chi connectivity index (χ2n) is 7.38. The Morgan fingerprint density at radius 3 is 2.81 bits per heavy atom. The molecular weight excluding hydrogens is 342 g/mol. The lowest BCUT2D eigenvalue weighted by molar-refractivity contribution is -0.136. The molecule has 3 aromatic rings. The molecule has 0 unspecified atom stereocenters. The van der Waals surface area contributed by atoms with Gasteiger partial charge >= 0.3 is 5.97 Å². The number of furan rings is 1. The number of nitrogens with zero attached hydrogens (tertiary/aromatic N) is 1. The summed E-state index contributed by atoms with van der Waals surface area (Å²) in [7, 11) is 0. The van der Waals surface area contributed by atoms with Crippen LogP contribution in [0, 0.1) is 12.8 Å². The van der Waals surface area contributed by atoms with Crippen molar-refractivity contribution < 1.29 is 18.7 Å². The minimum Gasteiger partial charge on any atom is -0.450 e. The van der Waals surface area contributed by atoms with Crippen molar-refractivity contribution in [3.63, 3.8) is 0 Å². The molecule has 1 saturated heterocycles. The first kappa shape index (κ1) is 17.6. The fraction of sp³-hybridized carbons (Fsp3) is 0.364. The second kappa shape index (κ2) is 7.06. The van der Waals surface area contributed by atoms with Crippen LogP contribution in [-0.4, -0.2) is 36.5 Å². The van der Waals surface area contributed by atoms with Gasteiger partial charge in [0.25, 0.3) is 5.91 Å². The Balaban J connectivity index is 1.53. The summed E-state index contributed by atoms with van der Waals surface area (Å²) in [5, 5.41) is 2.89. The highest BCUT2D eigenvalue weighted by Gasteiger charge is 2.24. The molecule has 1 fully saturated rings. The van der Waals surface area contributed by atoms with E-state index in [1.54, 1.807) is 4.90 Å². The van der Waals surface area contributed by atoms with E-state index in [-0.39, 0.29) is 18.3 Å². The van der Waals surface area contributed by atoms with E-state index < -0.39 is 5.97 Å². The van der Waals surface area contributed by atoms with E-state index in [0.717, 1.165) is 47.7 Å². The summed E-state index contributed by atoms with van der Waals surface area (Å²) in [6, 6.07) is 11.8. The fourth-order valence-corrected chi connectivity index (χ4v) is 3.84. The van der Waals surface area contributed by atoms with Crippen LogP contribution in [-0.2, 0) is 9.53 Å². The van der Waals surface area contributed by atoms with Gasteiger partial charge in [-0.3, -0.25) is 4.79 Å². The van der Waals surface area contributed by atoms with Crippen LogP contribution in [0.1, 0.15) is 35.9 Å². The molecule has 5 nitrogen and oxygen atoms in total. The molecule has 0 spiro atoms. The average Bonchev–Trinajstić information content (AvgIpc) is 3.03. The maximum Gasteiger partial charge on any atom is 0.375 e. The van der Waals surface area contributed by atoms with Crippen LogP contribution in [0.15, 0.2) is 40.8 Å². The Hall–Kier alpha value is -2.82. The molecule has 140 valence electrons. The second-order valence-corrected chi connectivity index (χ2v) is 7.38. The number of carbonyl (C=O) groups is 2. The van der Waals surface area contributed by atoms with E-state index in [1.165, 1.54) is 0 Å². The number of likely N-dealkylation sites (tertiary alicyclic amines) is 1. The SMILES string of the molecule is Cc1c(C(=O)OCC(=O)N2CCC[C@H](C)C2)oc2c1ccc1ccccc12. The standard InChI is InChI=1S/C22H23NO4/c1-14-6-5-11-23(12-14)19(24)13-26-22(25)20-15(2)17-10-9-16-7-3-4-8-18(16)21(17)27-20/h3-4,7-10,14H,5-6,11-13H2,1-2H3/t14-/m0/s1. The highest BCUT2D eigenvalue weighted by atomic mass is 16.5. The number of fused-ring (bicyclic) bond motifs is 3. The van der Waals surface area contributed by atoms with Gasteiger partial charge in [0, 0.05) is 29.4 Å². The van der Waals surface area contributed by atoms with Gasteiger partial charge in [0.15, 0.2) is 6.61 Å². The zero-order valence-electron chi connectivity index (χ0n) is 15.7. The lowest BCUT2D eigenvalue weighted by Crippen LogP contribution is -2.41. The van der Waals surface area contributed by atoms with Crippen molar-refractivity contribution in [2.45, 2.75) is 26.7 Å². The van der Waals surface area contributed by atoms with Gasteiger partial charge in [0.1, 0.15) is 5.58 Å². The largest absolute Gasteiger partial charge is 0.450 e. The molecule has 0 aliphatic carbocycles. The molecule has 1 amide bonds. The van der Waals surface area contributed by atoms with Crippen molar-refractivity contribution in [3.8, 4) is 0 Å². The van der Waals surface area contributed by atoms with E-state index in [2.05, 4.69) is 6.92 Å². The van der Waals surface area contributed by atoms with Crippen LogP contribution in [0.4, 0.5) is 0 Å². The van der Waals surface area contributed by atoms with Gasteiger partial charge in [-0.1, -0.05) is 43.3 Å². The summed E-state index contributed by atoms with van der Waals surface area (Å²) in [5.41, 5.74) is 1.41. The molecule has 0 bridgehead atoms. The van der Waals surface area contributed by atoms with E-state index in [9.17, 15) is 9.59 Å². The molecule has 27 heavy (non-hydrogen) atoms. The van der Waals surface area contributed by atoms with Crippen molar-refractivity contribution >= 4 is 33.6 Å². The normalized spacial score (nSPS) is 17.4. The highest BCUT2D eigenvalue weighted by Crippen LogP contribution is 2.32. The fourth-order valence-electron chi connectivity index (χ4n) is 3.84. The van der Waals surface area contributed by atoms with Gasteiger partial charge in [-0.25, -0.2) is 4.79 Å².